The van der Waals surface area contributed by atoms with Crippen molar-refractivity contribution in [3.05, 3.63) is 33.9 Å². The molecule has 0 bridgehead atoms. The molecule has 1 heteroatoms. The van der Waals surface area contributed by atoms with Crippen LogP contribution in [0.25, 0.3) is 0 Å². The Morgan fingerprint density at radius 1 is 1.10 bits per heavy atom. The van der Waals surface area contributed by atoms with Gasteiger partial charge in [0.25, 0.3) is 0 Å². The summed E-state index contributed by atoms with van der Waals surface area (Å²) in [5.74, 6) is 0. The second kappa shape index (κ2) is 3.96. The van der Waals surface area contributed by atoms with E-state index in [1.807, 2.05) is 0 Å². The summed E-state index contributed by atoms with van der Waals surface area (Å²) < 4.78 is 2.43. The molecule has 0 saturated heterocycles. The summed E-state index contributed by atoms with van der Waals surface area (Å²) >= 11 is 0.267. The quantitative estimate of drug-likeness (QED) is 0.481. The first-order chi connectivity index (χ1) is 4.79. The van der Waals surface area contributed by atoms with Crippen molar-refractivity contribution in [3.8, 4) is 0 Å². The maximum absolute atomic E-state index is 2.29. The monoisotopic (exact) mass is 247 g/mol. The van der Waals surface area contributed by atoms with E-state index < -0.39 is 0 Å². The molecule has 0 nitrogen and oxygen atoms in total. The molecule has 0 heterocycles. The Balaban J connectivity index is 2.59. The Morgan fingerprint density at radius 2 is 1.70 bits per heavy atom. The molecule has 56 valence electrons. The van der Waals surface area contributed by atoms with E-state index in [0.29, 0.717) is 0 Å². The molecule has 0 aliphatic rings. The van der Waals surface area contributed by atoms with E-state index in [-0.39, 0.29) is 21.2 Å². The van der Waals surface area contributed by atoms with Crippen molar-refractivity contribution in [1.82, 2.24) is 0 Å². The van der Waals surface area contributed by atoms with E-state index in [1.54, 1.807) is 3.57 Å². The third kappa shape index (κ3) is 2.69. The van der Waals surface area contributed by atoms with Crippen LogP contribution in [-0.4, -0.2) is 3.92 Å². The molecular weight excluding hydrogens is 235 g/mol. The van der Waals surface area contributed by atoms with Crippen LogP contribution in [0.2, 0.25) is 0 Å². The molecule has 1 aromatic carbocycles. The standard InChI is InChI=1S/C9H12I/c1-8(2)10-9-6-4-3-5-7-9/h3-8H,1-2H3/q-1. The van der Waals surface area contributed by atoms with Crippen LogP contribution in [0.4, 0.5) is 0 Å². The number of halogens is 1. The first-order valence-electron chi connectivity index (χ1n) is 3.47. The normalized spacial score (nSPS) is 10.7. The number of alkyl halides is 1. The summed E-state index contributed by atoms with van der Waals surface area (Å²) in [5, 5.41) is 0. The fourth-order valence-electron chi connectivity index (χ4n) is 0.739. The van der Waals surface area contributed by atoms with E-state index in [0.717, 1.165) is 3.92 Å². The fourth-order valence-corrected chi connectivity index (χ4v) is 3.01. The van der Waals surface area contributed by atoms with Crippen molar-refractivity contribution in [2.24, 2.45) is 0 Å². The average molecular weight is 247 g/mol. The van der Waals surface area contributed by atoms with Gasteiger partial charge in [0.05, 0.1) is 0 Å². The zero-order chi connectivity index (χ0) is 7.40. The van der Waals surface area contributed by atoms with Gasteiger partial charge in [-0.05, 0) is 0 Å². The van der Waals surface area contributed by atoms with Crippen LogP contribution in [0, 0.1) is 3.57 Å². The van der Waals surface area contributed by atoms with Gasteiger partial charge in [0.1, 0.15) is 0 Å². The molecule has 1 rings (SSSR count). The summed E-state index contributed by atoms with van der Waals surface area (Å²) in [6, 6.07) is 10.8. The zero-order valence-electron chi connectivity index (χ0n) is 6.34. The van der Waals surface area contributed by atoms with E-state index in [4.69, 9.17) is 0 Å². The van der Waals surface area contributed by atoms with Gasteiger partial charge < -0.3 is 0 Å². The van der Waals surface area contributed by atoms with Gasteiger partial charge in [-0.2, -0.15) is 0 Å². The Kier molecular flexibility index (Phi) is 3.19. The third-order valence-electron chi connectivity index (χ3n) is 1.08. The minimum atomic E-state index is 0.267. The topological polar surface area (TPSA) is 0 Å². The van der Waals surface area contributed by atoms with Gasteiger partial charge in [-0.3, -0.25) is 0 Å². The Morgan fingerprint density at radius 3 is 2.20 bits per heavy atom. The molecule has 1 aromatic rings. The molecule has 0 unspecified atom stereocenters. The molecule has 0 fully saturated rings. The van der Waals surface area contributed by atoms with Gasteiger partial charge in [-0.15, -0.1) is 0 Å². The first-order valence-corrected chi connectivity index (χ1v) is 5.80. The molecule has 0 radical (unpaired) electrons. The van der Waals surface area contributed by atoms with Gasteiger partial charge in [0.15, 0.2) is 0 Å². The summed E-state index contributed by atoms with van der Waals surface area (Å²) in [6.07, 6.45) is 0. The van der Waals surface area contributed by atoms with Gasteiger partial charge in [0, 0.05) is 0 Å². The minimum absolute atomic E-state index is 0.267. The van der Waals surface area contributed by atoms with Gasteiger partial charge >= 0.3 is 72.9 Å². The van der Waals surface area contributed by atoms with Gasteiger partial charge in [0.2, 0.25) is 0 Å². The molecule has 0 amide bonds. The van der Waals surface area contributed by atoms with Crippen LogP contribution >= 0.6 is 0 Å². The van der Waals surface area contributed by atoms with Crippen LogP contribution in [0.15, 0.2) is 30.3 Å². The Hall–Kier alpha value is -0.0500. The number of hydrogen-bond donors (Lipinski definition) is 0. The second-order valence-corrected chi connectivity index (χ2v) is 6.78. The summed E-state index contributed by atoms with van der Waals surface area (Å²) in [5.41, 5.74) is 0. The van der Waals surface area contributed by atoms with Gasteiger partial charge in [-0.25, -0.2) is 0 Å². The summed E-state index contributed by atoms with van der Waals surface area (Å²) in [7, 11) is 0. The average Bonchev–Trinajstić information content (AvgIpc) is 1.88. The summed E-state index contributed by atoms with van der Waals surface area (Å²) in [4.78, 5) is 0. The molecule has 0 aliphatic heterocycles. The van der Waals surface area contributed by atoms with E-state index in [2.05, 4.69) is 44.2 Å². The van der Waals surface area contributed by atoms with E-state index >= 15 is 0 Å². The molecule has 0 spiro atoms. The third-order valence-corrected chi connectivity index (χ3v) is 3.76. The number of hydrogen-bond acceptors (Lipinski definition) is 0. The summed E-state index contributed by atoms with van der Waals surface area (Å²) in [6.45, 7) is 4.58. The van der Waals surface area contributed by atoms with Crippen LogP contribution in [0.1, 0.15) is 13.8 Å². The van der Waals surface area contributed by atoms with E-state index in [1.165, 1.54) is 0 Å². The molecular formula is C9H12I-. The predicted octanol–water partition coefficient (Wildman–Crippen LogP) is -0.646. The Bertz CT molecular complexity index is 179. The van der Waals surface area contributed by atoms with Crippen molar-refractivity contribution >= 4 is 0 Å². The fraction of sp³-hybridized carbons (Fsp3) is 0.333. The van der Waals surface area contributed by atoms with Crippen LogP contribution in [0.5, 0.6) is 0 Å². The van der Waals surface area contributed by atoms with Crippen LogP contribution in [0.3, 0.4) is 0 Å². The maximum atomic E-state index is 2.29. The van der Waals surface area contributed by atoms with Crippen LogP contribution in [-0.2, 0) is 0 Å². The van der Waals surface area contributed by atoms with Crippen LogP contribution < -0.4 is 21.2 Å². The molecule has 0 aromatic heterocycles. The molecule has 10 heavy (non-hydrogen) atoms. The van der Waals surface area contributed by atoms with Crippen molar-refractivity contribution in [3.63, 3.8) is 0 Å². The van der Waals surface area contributed by atoms with Crippen molar-refractivity contribution in [1.29, 1.82) is 0 Å². The SMILES string of the molecule is CC(C)[I-]c1ccccc1. The Labute approximate surface area is 72.9 Å². The number of rotatable bonds is 2. The van der Waals surface area contributed by atoms with Crippen molar-refractivity contribution in [2.45, 2.75) is 17.8 Å². The molecule has 0 N–H and O–H groups in total. The first kappa shape index (κ1) is 8.05. The molecule has 0 atom stereocenters. The van der Waals surface area contributed by atoms with Gasteiger partial charge in [-0.1, -0.05) is 0 Å². The predicted molar refractivity (Wildman–Crippen MR) is 40.3 cm³/mol. The molecule has 0 saturated carbocycles. The zero-order valence-corrected chi connectivity index (χ0v) is 8.50. The second-order valence-electron chi connectivity index (χ2n) is 2.42. The number of benzene rings is 1. The molecule has 0 aliphatic carbocycles. The van der Waals surface area contributed by atoms with Crippen molar-refractivity contribution in [2.75, 3.05) is 0 Å². The van der Waals surface area contributed by atoms with Crippen molar-refractivity contribution < 1.29 is 21.2 Å². The van der Waals surface area contributed by atoms with E-state index in [9.17, 15) is 0 Å².